The molecule has 10 heavy (non-hydrogen) atoms. The van der Waals surface area contributed by atoms with E-state index in [1.807, 2.05) is 25.1 Å². The summed E-state index contributed by atoms with van der Waals surface area (Å²) < 4.78 is 4.94. The number of nitrogens with zero attached hydrogens (tertiary/aromatic N) is 1. The van der Waals surface area contributed by atoms with E-state index in [9.17, 15) is 0 Å². The van der Waals surface area contributed by atoms with Gasteiger partial charge in [-0.25, -0.2) is 4.98 Å². The Kier molecular flexibility index (Phi) is 1.01. The first kappa shape index (κ1) is 5.47. The van der Waals surface area contributed by atoms with Crippen LogP contribution in [-0.4, -0.2) is 4.98 Å². The van der Waals surface area contributed by atoms with Gasteiger partial charge in [0, 0.05) is 0 Å². The van der Waals surface area contributed by atoms with Crippen LogP contribution in [0.3, 0.4) is 0 Å². The molecule has 2 aromatic rings. The summed E-state index contributed by atoms with van der Waals surface area (Å²) >= 11 is 0. The highest BCUT2D eigenvalue weighted by Gasteiger charge is 1.95. The van der Waals surface area contributed by atoms with Gasteiger partial charge in [0.05, 0.1) is 0 Å². The highest BCUT2D eigenvalue weighted by Crippen LogP contribution is 2.12. The molecule has 0 aliphatic carbocycles. The molecule has 2 heteroatoms. The first-order chi connectivity index (χ1) is 4.86. The SMILES string of the molecule is Cc1ccc2o[c]nc2c1. The van der Waals surface area contributed by atoms with E-state index >= 15 is 0 Å². The summed E-state index contributed by atoms with van der Waals surface area (Å²) in [5.74, 6) is 0. The molecule has 1 radical (unpaired) electrons. The standard InChI is InChI=1S/C8H6NO/c1-6-2-3-8-7(4-6)9-5-10-8/h2-4H,1H3. The summed E-state index contributed by atoms with van der Waals surface area (Å²) in [5, 5.41) is 0. The number of benzene rings is 1. The zero-order valence-electron chi connectivity index (χ0n) is 5.59. The Hall–Kier alpha value is -1.31. The van der Waals surface area contributed by atoms with Crippen LogP contribution in [0.4, 0.5) is 0 Å². The molecule has 1 aromatic heterocycles. The van der Waals surface area contributed by atoms with Gasteiger partial charge in [0.25, 0.3) is 6.39 Å². The van der Waals surface area contributed by atoms with Crippen molar-refractivity contribution in [2.45, 2.75) is 6.92 Å². The summed E-state index contributed by atoms with van der Waals surface area (Å²) in [7, 11) is 0. The molecule has 0 N–H and O–H groups in total. The monoisotopic (exact) mass is 132 g/mol. The Morgan fingerprint density at radius 1 is 1.50 bits per heavy atom. The second kappa shape index (κ2) is 1.84. The van der Waals surface area contributed by atoms with Gasteiger partial charge in [-0.2, -0.15) is 0 Å². The van der Waals surface area contributed by atoms with Crippen LogP contribution >= 0.6 is 0 Å². The summed E-state index contributed by atoms with van der Waals surface area (Å²) in [5.41, 5.74) is 2.86. The number of rotatable bonds is 0. The van der Waals surface area contributed by atoms with Crippen LogP contribution < -0.4 is 0 Å². The van der Waals surface area contributed by atoms with E-state index in [-0.39, 0.29) is 0 Å². The van der Waals surface area contributed by atoms with Crippen molar-refractivity contribution >= 4 is 11.1 Å². The first-order valence-corrected chi connectivity index (χ1v) is 3.09. The van der Waals surface area contributed by atoms with Crippen LogP contribution in [0, 0.1) is 13.3 Å². The van der Waals surface area contributed by atoms with Gasteiger partial charge in [-0.15, -0.1) is 0 Å². The minimum Gasteiger partial charge on any atom is -0.432 e. The zero-order valence-corrected chi connectivity index (χ0v) is 5.59. The zero-order chi connectivity index (χ0) is 6.97. The van der Waals surface area contributed by atoms with Gasteiger partial charge >= 0.3 is 0 Å². The van der Waals surface area contributed by atoms with Gasteiger partial charge in [-0.05, 0) is 24.6 Å². The molecule has 0 unspecified atom stereocenters. The molecule has 0 aliphatic rings. The normalized spacial score (nSPS) is 10.5. The van der Waals surface area contributed by atoms with E-state index in [1.54, 1.807) is 0 Å². The number of hydrogen-bond donors (Lipinski definition) is 0. The largest absolute Gasteiger partial charge is 0.432 e. The van der Waals surface area contributed by atoms with Crippen molar-refractivity contribution in [2.24, 2.45) is 0 Å². The van der Waals surface area contributed by atoms with Gasteiger partial charge in [0.2, 0.25) is 0 Å². The molecule has 0 amide bonds. The number of hydrogen-bond acceptors (Lipinski definition) is 2. The van der Waals surface area contributed by atoms with E-state index in [4.69, 9.17) is 4.42 Å². The molecule has 0 spiro atoms. The van der Waals surface area contributed by atoms with Crippen molar-refractivity contribution in [3.63, 3.8) is 0 Å². The van der Waals surface area contributed by atoms with E-state index in [0.717, 1.165) is 11.1 Å². The Morgan fingerprint density at radius 3 is 3.30 bits per heavy atom. The lowest BCUT2D eigenvalue weighted by molar-refractivity contribution is 0.591. The smallest absolute Gasteiger partial charge is 0.284 e. The third-order valence-electron chi connectivity index (χ3n) is 1.44. The first-order valence-electron chi connectivity index (χ1n) is 3.09. The average molecular weight is 132 g/mol. The maximum absolute atomic E-state index is 4.94. The third-order valence-corrected chi connectivity index (χ3v) is 1.44. The van der Waals surface area contributed by atoms with Gasteiger partial charge in [-0.3, -0.25) is 0 Å². The van der Waals surface area contributed by atoms with Crippen LogP contribution in [0.2, 0.25) is 0 Å². The Bertz CT molecular complexity index is 351. The molecule has 2 nitrogen and oxygen atoms in total. The highest BCUT2D eigenvalue weighted by molar-refractivity contribution is 5.72. The minimum absolute atomic E-state index is 0.797. The summed E-state index contributed by atoms with van der Waals surface area (Å²) in [6.45, 7) is 2.02. The minimum atomic E-state index is 0.797. The summed E-state index contributed by atoms with van der Waals surface area (Å²) in [6, 6.07) is 5.85. The average Bonchev–Trinajstić information content (AvgIpc) is 2.33. The van der Waals surface area contributed by atoms with Crippen molar-refractivity contribution < 1.29 is 4.42 Å². The van der Waals surface area contributed by atoms with Gasteiger partial charge in [0.1, 0.15) is 5.52 Å². The molecule has 2 rings (SSSR count). The number of fused-ring (bicyclic) bond motifs is 1. The predicted molar refractivity (Wildman–Crippen MR) is 37.6 cm³/mol. The van der Waals surface area contributed by atoms with Crippen molar-refractivity contribution in [1.29, 1.82) is 0 Å². The van der Waals surface area contributed by atoms with Crippen molar-refractivity contribution in [3.05, 3.63) is 30.2 Å². The van der Waals surface area contributed by atoms with E-state index in [2.05, 4.69) is 11.4 Å². The topological polar surface area (TPSA) is 26.0 Å². The maximum Gasteiger partial charge on any atom is 0.284 e. The van der Waals surface area contributed by atoms with E-state index in [0.29, 0.717) is 0 Å². The number of aromatic nitrogens is 1. The van der Waals surface area contributed by atoms with Crippen LogP contribution in [0.1, 0.15) is 5.56 Å². The van der Waals surface area contributed by atoms with E-state index in [1.165, 1.54) is 5.56 Å². The molecular weight excluding hydrogens is 126 g/mol. The fourth-order valence-corrected chi connectivity index (χ4v) is 0.922. The molecule has 0 aliphatic heterocycles. The van der Waals surface area contributed by atoms with Gasteiger partial charge in [-0.1, -0.05) is 6.07 Å². The quantitative estimate of drug-likeness (QED) is 0.547. The molecule has 0 saturated heterocycles. The fourth-order valence-electron chi connectivity index (χ4n) is 0.922. The molecule has 49 valence electrons. The molecule has 0 bridgehead atoms. The van der Waals surface area contributed by atoms with E-state index < -0.39 is 0 Å². The Morgan fingerprint density at radius 2 is 2.40 bits per heavy atom. The van der Waals surface area contributed by atoms with Crippen LogP contribution in [0.25, 0.3) is 11.1 Å². The summed E-state index contributed by atoms with van der Waals surface area (Å²) in [4.78, 5) is 3.89. The fraction of sp³-hybridized carbons (Fsp3) is 0.125. The Balaban J connectivity index is 2.86. The number of aryl methyl sites for hydroxylation is 1. The number of oxazole rings is 1. The lowest BCUT2D eigenvalue weighted by atomic mass is 10.2. The highest BCUT2D eigenvalue weighted by atomic mass is 16.3. The van der Waals surface area contributed by atoms with Crippen LogP contribution in [-0.2, 0) is 0 Å². The summed E-state index contributed by atoms with van der Waals surface area (Å²) in [6.07, 6.45) is 2.44. The molecule has 0 saturated carbocycles. The lowest BCUT2D eigenvalue weighted by Gasteiger charge is -1.87. The second-order valence-corrected chi connectivity index (χ2v) is 2.28. The van der Waals surface area contributed by atoms with Crippen molar-refractivity contribution in [3.8, 4) is 0 Å². The van der Waals surface area contributed by atoms with Crippen molar-refractivity contribution in [2.75, 3.05) is 0 Å². The molecular formula is C8H6NO. The second-order valence-electron chi connectivity index (χ2n) is 2.28. The third kappa shape index (κ3) is 0.692. The Labute approximate surface area is 58.5 Å². The molecule has 0 fully saturated rings. The molecule has 0 atom stereocenters. The van der Waals surface area contributed by atoms with Crippen LogP contribution in [0.5, 0.6) is 0 Å². The predicted octanol–water partition coefficient (Wildman–Crippen LogP) is 1.94. The maximum atomic E-state index is 4.94. The lowest BCUT2D eigenvalue weighted by Crippen LogP contribution is -1.70. The van der Waals surface area contributed by atoms with Gasteiger partial charge in [0.15, 0.2) is 5.58 Å². The van der Waals surface area contributed by atoms with Gasteiger partial charge < -0.3 is 4.42 Å². The van der Waals surface area contributed by atoms with Crippen molar-refractivity contribution in [1.82, 2.24) is 4.98 Å². The van der Waals surface area contributed by atoms with Crippen LogP contribution in [0.15, 0.2) is 22.6 Å². The molecule has 1 heterocycles. The molecule has 1 aromatic carbocycles.